The first kappa shape index (κ1) is 21.5. The number of nitrogens with one attached hydrogen (secondary N) is 1. The van der Waals surface area contributed by atoms with Crippen molar-refractivity contribution in [1.29, 1.82) is 0 Å². The summed E-state index contributed by atoms with van der Waals surface area (Å²) in [6.45, 7) is 0.694. The summed E-state index contributed by atoms with van der Waals surface area (Å²) in [7, 11) is 3.55. The highest BCUT2D eigenvalue weighted by molar-refractivity contribution is 7.13. The van der Waals surface area contributed by atoms with Crippen LogP contribution in [0.25, 0.3) is 22.1 Å². The van der Waals surface area contributed by atoms with Gasteiger partial charge in [-0.3, -0.25) is 14.5 Å². The van der Waals surface area contributed by atoms with E-state index in [0.717, 1.165) is 27.8 Å². The van der Waals surface area contributed by atoms with Crippen LogP contribution in [0.1, 0.15) is 6.42 Å². The number of hydrogen-bond donors (Lipinski definition) is 2. The number of anilines is 2. The molecule has 32 heavy (non-hydrogen) atoms. The highest BCUT2D eigenvalue weighted by Gasteiger charge is 2.26. The molecule has 1 saturated heterocycles. The Hall–Kier alpha value is -3.70. The summed E-state index contributed by atoms with van der Waals surface area (Å²) in [5.41, 5.74) is 3.30. The van der Waals surface area contributed by atoms with Gasteiger partial charge in [0.1, 0.15) is 22.5 Å². The molecule has 0 bridgehead atoms. The second kappa shape index (κ2) is 9.62. The summed E-state index contributed by atoms with van der Waals surface area (Å²) in [5.74, 6) is 0.361. The SMILES string of the molecule is CN1CCC(O)C1=O.Cn1cc(Nc2nccc(-c3nc(-c4ccccn4)cs3)n2)cn1. The Morgan fingerprint density at radius 1 is 1.09 bits per heavy atom. The normalized spacial score (nSPS) is 15.4. The number of rotatable bonds is 4. The predicted octanol–water partition coefficient (Wildman–Crippen LogP) is 2.35. The van der Waals surface area contributed by atoms with Gasteiger partial charge in [-0.25, -0.2) is 15.0 Å². The van der Waals surface area contributed by atoms with Gasteiger partial charge < -0.3 is 15.3 Å². The van der Waals surface area contributed by atoms with Crippen LogP contribution in [0.5, 0.6) is 0 Å². The minimum Gasteiger partial charge on any atom is -0.383 e. The molecule has 1 amide bonds. The minimum absolute atomic E-state index is 0.148. The number of aliphatic hydroxyl groups is 1. The van der Waals surface area contributed by atoms with Crippen LogP contribution in [-0.4, -0.2) is 65.3 Å². The molecule has 164 valence electrons. The van der Waals surface area contributed by atoms with Crippen LogP contribution in [0.3, 0.4) is 0 Å². The highest BCUT2D eigenvalue weighted by atomic mass is 32.1. The number of carbonyl (C=O) groups excluding carboxylic acids is 1. The van der Waals surface area contributed by atoms with Gasteiger partial charge in [-0.2, -0.15) is 5.10 Å². The molecule has 4 aromatic rings. The van der Waals surface area contributed by atoms with E-state index in [1.807, 2.05) is 42.9 Å². The van der Waals surface area contributed by atoms with Gasteiger partial charge >= 0.3 is 0 Å². The Labute approximate surface area is 188 Å². The second-order valence-electron chi connectivity index (χ2n) is 7.11. The number of hydrogen-bond acceptors (Lipinski definition) is 9. The number of amides is 1. The Balaban J connectivity index is 0.000000260. The lowest BCUT2D eigenvalue weighted by atomic mass is 10.3. The lowest BCUT2D eigenvalue weighted by Gasteiger charge is -2.04. The number of aromatic nitrogens is 6. The fraction of sp³-hybridized carbons (Fsp3) is 0.238. The quantitative estimate of drug-likeness (QED) is 0.486. The lowest BCUT2D eigenvalue weighted by molar-refractivity contribution is -0.133. The first-order chi connectivity index (χ1) is 15.5. The monoisotopic (exact) mass is 450 g/mol. The smallest absolute Gasteiger partial charge is 0.251 e. The van der Waals surface area contributed by atoms with Gasteiger partial charge in [-0.15, -0.1) is 11.3 Å². The average molecular weight is 451 g/mol. The molecule has 11 heteroatoms. The molecule has 0 radical (unpaired) electrons. The van der Waals surface area contributed by atoms with E-state index in [0.29, 0.717) is 18.9 Å². The third kappa shape index (κ3) is 5.13. The van der Waals surface area contributed by atoms with Crippen LogP contribution < -0.4 is 5.32 Å². The van der Waals surface area contributed by atoms with Gasteiger partial charge in [0.15, 0.2) is 0 Å². The summed E-state index contributed by atoms with van der Waals surface area (Å²) in [6, 6.07) is 7.61. The van der Waals surface area contributed by atoms with Gasteiger partial charge in [-0.1, -0.05) is 6.07 Å². The van der Waals surface area contributed by atoms with Crippen molar-refractivity contribution in [3.05, 3.63) is 54.4 Å². The topological polar surface area (TPSA) is 122 Å². The fourth-order valence-electron chi connectivity index (χ4n) is 2.98. The van der Waals surface area contributed by atoms with Gasteiger partial charge in [0.25, 0.3) is 5.91 Å². The molecule has 1 unspecified atom stereocenters. The summed E-state index contributed by atoms with van der Waals surface area (Å²) in [4.78, 5) is 29.8. The molecular formula is C21H22N8O2S. The maximum atomic E-state index is 10.6. The third-order valence-corrected chi connectivity index (χ3v) is 5.53. The van der Waals surface area contributed by atoms with Crippen LogP contribution >= 0.6 is 11.3 Å². The molecule has 1 aliphatic heterocycles. The van der Waals surface area contributed by atoms with Gasteiger partial charge in [-0.05, 0) is 24.6 Å². The molecule has 0 aromatic carbocycles. The van der Waals surface area contributed by atoms with Crippen molar-refractivity contribution < 1.29 is 9.90 Å². The summed E-state index contributed by atoms with van der Waals surface area (Å²) < 4.78 is 1.71. The van der Waals surface area contributed by atoms with Crippen LogP contribution in [0.2, 0.25) is 0 Å². The van der Waals surface area contributed by atoms with E-state index in [1.54, 1.807) is 30.3 Å². The van der Waals surface area contributed by atoms with Crippen molar-refractivity contribution in [2.75, 3.05) is 18.9 Å². The van der Waals surface area contributed by atoms with Crippen LogP contribution in [0.15, 0.2) is 54.4 Å². The van der Waals surface area contributed by atoms with Crippen molar-refractivity contribution in [2.24, 2.45) is 7.05 Å². The number of nitrogens with zero attached hydrogens (tertiary/aromatic N) is 7. The Kier molecular flexibility index (Phi) is 6.47. The van der Waals surface area contributed by atoms with E-state index in [-0.39, 0.29) is 5.91 Å². The van der Waals surface area contributed by atoms with Gasteiger partial charge in [0.2, 0.25) is 5.95 Å². The Bertz CT molecular complexity index is 1180. The number of carbonyl (C=O) groups is 1. The zero-order valence-electron chi connectivity index (χ0n) is 17.6. The van der Waals surface area contributed by atoms with Crippen LogP contribution in [0, 0.1) is 0 Å². The Morgan fingerprint density at radius 3 is 2.59 bits per heavy atom. The van der Waals surface area contributed by atoms with E-state index in [1.165, 1.54) is 16.2 Å². The molecule has 5 heterocycles. The lowest BCUT2D eigenvalue weighted by Crippen LogP contribution is -2.24. The van der Waals surface area contributed by atoms with Crippen LogP contribution in [0.4, 0.5) is 11.6 Å². The molecule has 10 nitrogen and oxygen atoms in total. The number of likely N-dealkylation sites (N-methyl/N-ethyl adjacent to an activating group) is 1. The zero-order valence-corrected chi connectivity index (χ0v) is 18.4. The van der Waals surface area contributed by atoms with E-state index in [9.17, 15) is 4.79 Å². The summed E-state index contributed by atoms with van der Waals surface area (Å²) in [5, 5.41) is 18.8. The molecule has 5 rings (SSSR count). The molecule has 1 atom stereocenters. The predicted molar refractivity (Wildman–Crippen MR) is 121 cm³/mol. The maximum absolute atomic E-state index is 10.6. The molecule has 1 aliphatic rings. The van der Waals surface area contributed by atoms with Crippen molar-refractivity contribution in [3.8, 4) is 22.1 Å². The summed E-state index contributed by atoms with van der Waals surface area (Å²) >= 11 is 1.53. The van der Waals surface area contributed by atoms with Crippen molar-refractivity contribution >= 4 is 28.9 Å². The molecule has 0 spiro atoms. The average Bonchev–Trinajstić information content (AvgIpc) is 3.53. The van der Waals surface area contributed by atoms with Crippen molar-refractivity contribution in [3.63, 3.8) is 0 Å². The maximum Gasteiger partial charge on any atom is 0.251 e. The number of pyridine rings is 1. The molecule has 0 aliphatic carbocycles. The van der Waals surface area contributed by atoms with E-state index >= 15 is 0 Å². The first-order valence-electron chi connectivity index (χ1n) is 9.88. The number of likely N-dealkylation sites (tertiary alicyclic amines) is 1. The molecule has 1 fully saturated rings. The van der Waals surface area contributed by atoms with Gasteiger partial charge in [0.05, 0.1) is 17.6 Å². The summed E-state index contributed by atoms with van der Waals surface area (Å²) in [6.07, 6.45) is 6.92. The first-order valence-corrected chi connectivity index (χ1v) is 10.8. The molecule has 0 saturated carbocycles. The van der Waals surface area contributed by atoms with E-state index < -0.39 is 6.10 Å². The molecule has 4 aromatic heterocycles. The van der Waals surface area contributed by atoms with Gasteiger partial charge in [0, 0.05) is 44.6 Å². The molecular weight excluding hydrogens is 428 g/mol. The van der Waals surface area contributed by atoms with E-state index in [2.05, 4.69) is 30.4 Å². The van der Waals surface area contributed by atoms with Crippen molar-refractivity contribution in [2.45, 2.75) is 12.5 Å². The number of aryl methyl sites for hydroxylation is 1. The molecule has 2 N–H and O–H groups in total. The number of aliphatic hydroxyl groups excluding tert-OH is 1. The minimum atomic E-state index is -0.722. The van der Waals surface area contributed by atoms with Crippen LogP contribution in [-0.2, 0) is 11.8 Å². The second-order valence-corrected chi connectivity index (χ2v) is 7.97. The Morgan fingerprint density at radius 2 is 1.97 bits per heavy atom. The standard InChI is InChI=1S/C16H13N7S.C5H9NO2/c1-23-9-11(8-19-23)20-16-18-7-5-13(22-16)15-21-14(10-24-15)12-4-2-3-6-17-12;1-6-3-2-4(7)5(6)8/h2-10H,1H3,(H,18,20,22);4,7H,2-3H2,1H3. The largest absolute Gasteiger partial charge is 0.383 e. The highest BCUT2D eigenvalue weighted by Crippen LogP contribution is 2.27. The van der Waals surface area contributed by atoms with Crippen molar-refractivity contribution in [1.82, 2.24) is 34.6 Å². The third-order valence-electron chi connectivity index (χ3n) is 4.67. The zero-order chi connectivity index (χ0) is 22.5. The fourth-order valence-corrected chi connectivity index (χ4v) is 3.76. The number of thiazole rings is 1. The van der Waals surface area contributed by atoms with E-state index in [4.69, 9.17) is 5.11 Å².